The summed E-state index contributed by atoms with van der Waals surface area (Å²) >= 11 is 0. The fraction of sp³-hybridized carbons (Fsp3) is 0.500. The van der Waals surface area contributed by atoms with Gasteiger partial charge in [-0.15, -0.1) is 0 Å². The highest BCUT2D eigenvalue weighted by molar-refractivity contribution is 7.89. The molecule has 2 N–H and O–H groups in total. The van der Waals surface area contributed by atoms with E-state index in [9.17, 15) is 8.42 Å². The number of hydrogen-bond acceptors (Lipinski definition) is 4. The van der Waals surface area contributed by atoms with Crippen molar-refractivity contribution in [3.63, 3.8) is 0 Å². The number of benzene rings is 1. The summed E-state index contributed by atoms with van der Waals surface area (Å²) in [5.41, 5.74) is 0.910. The molecule has 1 aromatic rings. The van der Waals surface area contributed by atoms with Crippen molar-refractivity contribution in [3.8, 4) is 5.75 Å². The van der Waals surface area contributed by atoms with E-state index < -0.39 is 16.1 Å². The smallest absolute Gasteiger partial charge is 0.244 e. The highest BCUT2D eigenvalue weighted by Crippen LogP contribution is 2.24. The van der Waals surface area contributed by atoms with Crippen LogP contribution in [0.2, 0.25) is 0 Å². The van der Waals surface area contributed by atoms with Crippen molar-refractivity contribution in [2.45, 2.75) is 31.3 Å². The Morgan fingerprint density at radius 2 is 2.11 bits per heavy atom. The lowest BCUT2D eigenvalue weighted by Crippen LogP contribution is -2.31. The van der Waals surface area contributed by atoms with E-state index in [1.54, 1.807) is 12.1 Å². The van der Waals surface area contributed by atoms with Crippen LogP contribution in [0.3, 0.4) is 0 Å². The molecule has 18 heavy (non-hydrogen) atoms. The van der Waals surface area contributed by atoms with E-state index >= 15 is 0 Å². The first-order chi connectivity index (χ1) is 8.40. The Morgan fingerprint density at radius 1 is 1.44 bits per heavy atom. The fourth-order valence-corrected chi connectivity index (χ4v) is 2.80. The van der Waals surface area contributed by atoms with E-state index in [0.717, 1.165) is 12.0 Å². The normalized spacial score (nSPS) is 13.3. The second-order valence-corrected chi connectivity index (χ2v) is 5.78. The quantitative estimate of drug-likeness (QED) is 0.808. The van der Waals surface area contributed by atoms with Crippen LogP contribution in [0.15, 0.2) is 23.1 Å². The number of ether oxygens (including phenoxy) is 1. The van der Waals surface area contributed by atoms with Crippen molar-refractivity contribution < 1.29 is 18.3 Å². The summed E-state index contributed by atoms with van der Waals surface area (Å²) in [6, 6.07) is 5.05. The third-order valence-corrected chi connectivity index (χ3v) is 3.94. The number of aliphatic hydroxyl groups is 1. The van der Waals surface area contributed by atoms with Gasteiger partial charge in [0.2, 0.25) is 10.0 Å². The molecule has 6 heteroatoms. The van der Waals surface area contributed by atoms with Crippen LogP contribution in [0.1, 0.15) is 19.4 Å². The molecular weight excluding hydrogens is 254 g/mol. The zero-order valence-corrected chi connectivity index (χ0v) is 11.6. The second-order valence-electron chi connectivity index (χ2n) is 4.04. The Hall–Kier alpha value is -1.11. The summed E-state index contributed by atoms with van der Waals surface area (Å²) in [6.07, 6.45) is 0.00301. The molecule has 1 unspecified atom stereocenters. The van der Waals surface area contributed by atoms with Gasteiger partial charge in [0.1, 0.15) is 10.6 Å². The maximum absolute atomic E-state index is 12.1. The minimum Gasteiger partial charge on any atom is -0.495 e. The van der Waals surface area contributed by atoms with E-state index in [4.69, 9.17) is 9.84 Å². The molecule has 0 spiro atoms. The Bertz CT molecular complexity index is 497. The van der Waals surface area contributed by atoms with Gasteiger partial charge in [0.15, 0.2) is 0 Å². The molecule has 0 heterocycles. The van der Waals surface area contributed by atoms with Crippen LogP contribution < -0.4 is 9.46 Å². The van der Waals surface area contributed by atoms with Crippen molar-refractivity contribution in [2.75, 3.05) is 13.7 Å². The molecular formula is C12H19NO4S. The molecule has 0 saturated carbocycles. The minimum atomic E-state index is -3.67. The van der Waals surface area contributed by atoms with Gasteiger partial charge in [0.05, 0.1) is 13.2 Å². The Labute approximate surface area is 108 Å². The lowest BCUT2D eigenvalue weighted by Gasteiger charge is -2.12. The lowest BCUT2D eigenvalue weighted by atomic mass is 10.2. The molecule has 1 rings (SSSR count). The van der Waals surface area contributed by atoms with Gasteiger partial charge in [-0.05, 0) is 31.0 Å². The summed E-state index contributed by atoms with van der Waals surface area (Å²) < 4.78 is 31.6. The molecule has 1 aromatic carbocycles. The summed E-state index contributed by atoms with van der Waals surface area (Å²) in [5.74, 6) is 0.297. The molecule has 0 amide bonds. The molecule has 0 saturated heterocycles. The number of aryl methyl sites for hydroxylation is 1. The van der Waals surface area contributed by atoms with E-state index in [2.05, 4.69) is 4.72 Å². The molecule has 0 fully saturated rings. The zero-order valence-electron chi connectivity index (χ0n) is 10.8. The number of rotatable bonds is 6. The topological polar surface area (TPSA) is 75.6 Å². The highest BCUT2D eigenvalue weighted by Gasteiger charge is 2.20. The van der Waals surface area contributed by atoms with Crippen molar-refractivity contribution in [3.05, 3.63) is 23.8 Å². The molecule has 0 aromatic heterocycles. The van der Waals surface area contributed by atoms with Gasteiger partial charge in [-0.3, -0.25) is 0 Å². The first-order valence-electron chi connectivity index (χ1n) is 5.75. The van der Waals surface area contributed by atoms with Crippen LogP contribution in [0.4, 0.5) is 0 Å². The lowest BCUT2D eigenvalue weighted by molar-refractivity contribution is 0.198. The largest absolute Gasteiger partial charge is 0.495 e. The van der Waals surface area contributed by atoms with Gasteiger partial charge < -0.3 is 9.84 Å². The Balaban J connectivity index is 3.12. The number of nitrogens with one attached hydrogen (secondary N) is 1. The van der Waals surface area contributed by atoms with Gasteiger partial charge in [-0.2, -0.15) is 0 Å². The van der Waals surface area contributed by atoms with Crippen LogP contribution in [0.25, 0.3) is 0 Å². The molecule has 0 bridgehead atoms. The summed E-state index contributed by atoms with van der Waals surface area (Å²) in [4.78, 5) is 0.102. The number of methoxy groups -OCH3 is 1. The maximum Gasteiger partial charge on any atom is 0.244 e. The van der Waals surface area contributed by atoms with Crippen LogP contribution in [0.5, 0.6) is 5.75 Å². The van der Waals surface area contributed by atoms with Crippen LogP contribution in [0, 0.1) is 0 Å². The molecule has 102 valence electrons. The van der Waals surface area contributed by atoms with Crippen molar-refractivity contribution in [1.82, 2.24) is 4.72 Å². The standard InChI is InChI=1S/C12H19NO4S/c1-4-10-5-6-11(17-3)12(7-10)18(15,16)13-8-9(2)14/h5-7,9,13-14H,4,8H2,1-3H3. The van der Waals surface area contributed by atoms with Gasteiger partial charge in [0.25, 0.3) is 0 Å². The maximum atomic E-state index is 12.1. The Kier molecular flexibility index (Phi) is 5.13. The number of sulfonamides is 1. The number of aliphatic hydroxyl groups excluding tert-OH is 1. The molecule has 1 atom stereocenters. The molecule has 0 aliphatic carbocycles. The minimum absolute atomic E-state index is 0.0260. The zero-order chi connectivity index (χ0) is 13.8. The van der Waals surface area contributed by atoms with E-state index in [1.165, 1.54) is 14.0 Å². The van der Waals surface area contributed by atoms with Crippen LogP contribution in [-0.2, 0) is 16.4 Å². The van der Waals surface area contributed by atoms with E-state index in [0.29, 0.717) is 5.75 Å². The summed E-state index contributed by atoms with van der Waals surface area (Å²) in [7, 11) is -2.24. The van der Waals surface area contributed by atoms with Crippen LogP contribution in [-0.4, -0.2) is 33.3 Å². The molecule has 0 radical (unpaired) electrons. The average molecular weight is 273 g/mol. The van der Waals surface area contributed by atoms with Crippen LogP contribution >= 0.6 is 0 Å². The van der Waals surface area contributed by atoms with Gasteiger partial charge in [-0.25, -0.2) is 13.1 Å². The highest BCUT2D eigenvalue weighted by atomic mass is 32.2. The van der Waals surface area contributed by atoms with E-state index in [1.807, 2.05) is 13.0 Å². The average Bonchev–Trinajstić information content (AvgIpc) is 2.35. The van der Waals surface area contributed by atoms with Crippen molar-refractivity contribution >= 4 is 10.0 Å². The predicted molar refractivity (Wildman–Crippen MR) is 69.2 cm³/mol. The van der Waals surface area contributed by atoms with E-state index in [-0.39, 0.29) is 11.4 Å². The first kappa shape index (κ1) is 14.9. The fourth-order valence-electron chi connectivity index (χ4n) is 1.46. The molecule has 5 nitrogen and oxygen atoms in total. The molecule has 0 aliphatic rings. The first-order valence-corrected chi connectivity index (χ1v) is 7.23. The SMILES string of the molecule is CCc1ccc(OC)c(S(=O)(=O)NCC(C)O)c1. The third kappa shape index (κ3) is 3.69. The second kappa shape index (κ2) is 6.17. The van der Waals surface area contributed by atoms with Crippen molar-refractivity contribution in [1.29, 1.82) is 0 Å². The predicted octanol–water partition coefficient (Wildman–Crippen LogP) is 0.917. The van der Waals surface area contributed by atoms with Crippen molar-refractivity contribution in [2.24, 2.45) is 0 Å². The van der Waals surface area contributed by atoms with Gasteiger partial charge in [0, 0.05) is 6.54 Å². The number of hydrogen-bond donors (Lipinski definition) is 2. The Morgan fingerprint density at radius 3 is 2.61 bits per heavy atom. The molecule has 0 aliphatic heterocycles. The summed E-state index contributed by atoms with van der Waals surface area (Å²) in [6.45, 7) is 3.44. The monoisotopic (exact) mass is 273 g/mol. The van der Waals surface area contributed by atoms with Gasteiger partial charge >= 0.3 is 0 Å². The van der Waals surface area contributed by atoms with Gasteiger partial charge in [-0.1, -0.05) is 13.0 Å². The third-order valence-electron chi connectivity index (χ3n) is 2.49. The summed E-state index contributed by atoms with van der Waals surface area (Å²) in [5, 5.41) is 9.13.